The average molecular weight is 1760 g/mol. The third-order valence-corrected chi connectivity index (χ3v) is 24.4. The summed E-state index contributed by atoms with van der Waals surface area (Å²) < 4.78 is 272. The van der Waals surface area contributed by atoms with Gasteiger partial charge >= 0.3 is 49.4 Å². The van der Waals surface area contributed by atoms with Gasteiger partial charge in [0.05, 0.1) is 0 Å². The van der Waals surface area contributed by atoms with Gasteiger partial charge < -0.3 is 40.9 Å². The SMILES string of the molecule is C1CCC(C(C2CCCCC2)C(C2CCCCC2)C2CCCCC2)CC1.C1CCC(CC(CC2CCCCC2)(C2CCCCC2)C2CCCCC2)CC1.CC(C)(O)C(F)(F)F.CC(C)(O)C(F)(F)F.CC(C)(O)C(F)(F)F.CC(C)(O)C(F)(F)F.CC(C)(O)C(F)(F)F.CC(C)(O)C(F)(F)F.CC(C)(O)C(F)(F)F.CC(C)(O)C(F)(F)F. The first-order valence-electron chi connectivity index (χ1n) is 42.6. The molecule has 0 saturated heterocycles. The molecule has 8 N–H and O–H groups in total. The molecule has 0 bridgehead atoms. The van der Waals surface area contributed by atoms with Crippen LogP contribution in [0, 0.1) is 64.6 Å². The van der Waals surface area contributed by atoms with Crippen molar-refractivity contribution in [3.05, 3.63) is 0 Å². The summed E-state index contributed by atoms with van der Waals surface area (Å²) in [7, 11) is 0. The zero-order chi connectivity index (χ0) is 92.0. The highest BCUT2D eigenvalue weighted by Crippen LogP contribution is 2.59. The second-order valence-corrected chi connectivity index (χ2v) is 38.5. The standard InChI is InChI=1S/C27H48.C26H46.8C4H7F3O/c1-5-13-23(14-6-1)21-27(25-17-9-3-10-18-25,26-19-11-4-12-20-26)22-24-15-7-2-8-16-24;1-5-13-21(14-6-1)25(22-15-7-2-8-16-22)26(23-17-9-3-10-18-23)24-19-11-4-12-20-24;8*1-3(2,8)4(5,6)7/h23-26H,1-22H2;21-26H,1-20H2;8*8H,1-2H3. The Hall–Kier alpha value is -2.00. The summed E-state index contributed by atoms with van der Waals surface area (Å²) in [4.78, 5) is 0. The molecule has 0 aromatic heterocycles. The molecule has 8 aliphatic rings. The second kappa shape index (κ2) is 49.2. The average Bonchev–Trinajstić information content (AvgIpc) is 0.767. The molecule has 8 fully saturated rings. The van der Waals surface area contributed by atoms with E-state index in [0.717, 1.165) is 64.6 Å². The van der Waals surface area contributed by atoms with Gasteiger partial charge in [-0.2, -0.15) is 105 Å². The minimum atomic E-state index is -4.51. The Balaban J connectivity index is 0. The molecule has 0 aromatic carbocycles. The Kier molecular flexibility index (Phi) is 49.2. The van der Waals surface area contributed by atoms with E-state index in [1.54, 1.807) is 218 Å². The van der Waals surface area contributed by atoms with E-state index in [2.05, 4.69) is 0 Å². The van der Waals surface area contributed by atoms with Crippen molar-refractivity contribution < 1.29 is 146 Å². The van der Waals surface area contributed by atoms with Gasteiger partial charge in [0.15, 0.2) is 44.8 Å². The van der Waals surface area contributed by atoms with Gasteiger partial charge in [-0.25, -0.2) is 0 Å². The van der Waals surface area contributed by atoms with Crippen molar-refractivity contribution in [1.82, 2.24) is 0 Å². The van der Waals surface area contributed by atoms with Gasteiger partial charge in [0.1, 0.15) is 0 Å². The van der Waals surface area contributed by atoms with Crippen molar-refractivity contribution in [3.63, 3.8) is 0 Å². The lowest BCUT2D eigenvalue weighted by Crippen LogP contribution is -2.44. The van der Waals surface area contributed by atoms with Crippen LogP contribution in [-0.4, -0.2) is 135 Å². The lowest BCUT2D eigenvalue weighted by atomic mass is 9.52. The maximum atomic E-state index is 11.3. The highest BCUT2D eigenvalue weighted by Gasteiger charge is 2.53. The maximum Gasteiger partial charge on any atom is 0.416 e. The monoisotopic (exact) mass is 1760 g/mol. The molecule has 8 saturated carbocycles. The summed E-state index contributed by atoms with van der Waals surface area (Å²) in [6.45, 7) is 11.2. The van der Waals surface area contributed by atoms with E-state index in [4.69, 9.17) is 40.9 Å². The molecule has 0 atom stereocenters. The minimum absolute atomic E-state index is 0.701. The van der Waals surface area contributed by atoms with E-state index in [-0.39, 0.29) is 0 Å². The number of hydrogen-bond acceptors (Lipinski definition) is 8. The van der Waals surface area contributed by atoms with E-state index in [1.165, 1.54) is 51.4 Å². The summed E-state index contributed by atoms with van der Waals surface area (Å²) in [6, 6.07) is 0. The van der Waals surface area contributed by atoms with Crippen LogP contribution in [0.25, 0.3) is 0 Å². The summed E-state index contributed by atoms with van der Waals surface area (Å²) in [5, 5.41) is 65.8. The molecule has 706 valence electrons. The van der Waals surface area contributed by atoms with Crippen LogP contribution in [0.2, 0.25) is 0 Å². The number of alkyl halides is 24. The summed E-state index contributed by atoms with van der Waals surface area (Å²) in [6.07, 6.45) is 29.7. The molecule has 8 rings (SSSR count). The molecule has 0 radical (unpaired) electrons. The van der Waals surface area contributed by atoms with Crippen LogP contribution < -0.4 is 0 Å². The number of halogens is 24. The number of hydrogen-bond donors (Lipinski definition) is 8. The molecule has 0 unspecified atom stereocenters. The van der Waals surface area contributed by atoms with Gasteiger partial charge in [-0.3, -0.25) is 0 Å². The number of rotatable bonds is 11. The third-order valence-electron chi connectivity index (χ3n) is 24.4. The predicted molar refractivity (Wildman–Crippen MR) is 410 cm³/mol. The molecule has 0 heterocycles. The summed E-state index contributed by atoms with van der Waals surface area (Å²) >= 11 is 0. The third kappa shape index (κ3) is 46.2. The van der Waals surface area contributed by atoms with Crippen LogP contribution in [0.15, 0.2) is 0 Å². The van der Waals surface area contributed by atoms with E-state index < -0.39 is 94.2 Å². The largest absolute Gasteiger partial charge is 0.416 e. The van der Waals surface area contributed by atoms with Crippen LogP contribution >= 0.6 is 0 Å². The van der Waals surface area contributed by atoms with Gasteiger partial charge in [0.2, 0.25) is 0 Å². The Morgan fingerprint density at radius 3 is 0.393 bits per heavy atom. The zero-order valence-electron chi connectivity index (χ0n) is 72.6. The zero-order valence-corrected chi connectivity index (χ0v) is 72.6. The second-order valence-electron chi connectivity index (χ2n) is 38.5. The van der Waals surface area contributed by atoms with Crippen molar-refractivity contribution in [1.29, 1.82) is 0 Å². The Morgan fingerprint density at radius 1 is 0.179 bits per heavy atom. The molecule has 0 amide bonds. The smallest absolute Gasteiger partial charge is 0.381 e. The van der Waals surface area contributed by atoms with Crippen LogP contribution in [0.1, 0.15) is 380 Å². The van der Waals surface area contributed by atoms with Crippen LogP contribution in [-0.2, 0) is 0 Å². The molecule has 0 spiro atoms. The highest BCUT2D eigenvalue weighted by atomic mass is 19.4. The summed E-state index contributed by atoms with van der Waals surface area (Å²) in [5.41, 5.74) is -19.7. The molecule has 0 aromatic rings. The van der Waals surface area contributed by atoms with E-state index in [1.807, 2.05) is 0 Å². The van der Waals surface area contributed by atoms with Crippen LogP contribution in [0.3, 0.4) is 0 Å². The fourth-order valence-corrected chi connectivity index (χ4v) is 16.4. The molecule has 32 heteroatoms. The van der Waals surface area contributed by atoms with E-state index >= 15 is 0 Å². The highest BCUT2D eigenvalue weighted by molar-refractivity contribution is 4.99. The quantitative estimate of drug-likeness (QED) is 0.0949. The van der Waals surface area contributed by atoms with Crippen LogP contribution in [0.5, 0.6) is 0 Å². The van der Waals surface area contributed by atoms with Crippen molar-refractivity contribution >= 4 is 0 Å². The lowest BCUT2D eigenvalue weighted by molar-refractivity contribution is -0.245. The van der Waals surface area contributed by atoms with Crippen molar-refractivity contribution in [2.24, 2.45) is 64.6 Å². The normalized spacial score (nSPS) is 20.8. The molecular weight excluding hydrogens is 1600 g/mol. The Labute approximate surface area is 683 Å². The predicted octanol–water partition coefficient (Wildman–Crippen LogP) is 28.2. The van der Waals surface area contributed by atoms with Crippen molar-refractivity contribution in [2.75, 3.05) is 0 Å². The number of aliphatic hydroxyl groups is 8. The fourth-order valence-electron chi connectivity index (χ4n) is 16.4. The Bertz CT molecular complexity index is 2010. The van der Waals surface area contributed by atoms with E-state index in [9.17, 15) is 105 Å². The van der Waals surface area contributed by atoms with Gasteiger partial charge in [-0.15, -0.1) is 0 Å². The maximum absolute atomic E-state index is 11.3. The molecular formula is C85H150F24O8. The molecule has 117 heavy (non-hydrogen) atoms. The first-order valence-corrected chi connectivity index (χ1v) is 42.6. The van der Waals surface area contributed by atoms with Gasteiger partial charge in [-0.05, 0) is 214 Å². The molecule has 8 nitrogen and oxygen atoms in total. The minimum Gasteiger partial charge on any atom is -0.381 e. The van der Waals surface area contributed by atoms with Gasteiger partial charge in [-0.1, -0.05) is 231 Å². The molecule has 0 aliphatic heterocycles. The summed E-state index contributed by atoms with van der Waals surface area (Å²) in [5.74, 6) is 11.1. The van der Waals surface area contributed by atoms with E-state index in [0.29, 0.717) is 111 Å². The Morgan fingerprint density at radius 2 is 0.282 bits per heavy atom. The topological polar surface area (TPSA) is 162 Å². The van der Waals surface area contributed by atoms with Crippen LogP contribution in [0.4, 0.5) is 105 Å². The van der Waals surface area contributed by atoms with Gasteiger partial charge in [0, 0.05) is 0 Å². The van der Waals surface area contributed by atoms with Crippen molar-refractivity contribution in [3.8, 4) is 0 Å². The first kappa shape index (κ1) is 117. The molecule has 8 aliphatic carbocycles. The lowest BCUT2D eigenvalue weighted by Gasteiger charge is -2.53. The first-order chi connectivity index (χ1) is 52.3. The fraction of sp³-hybridized carbons (Fsp3) is 1.00. The van der Waals surface area contributed by atoms with Gasteiger partial charge in [0.25, 0.3) is 0 Å². The van der Waals surface area contributed by atoms with Crippen molar-refractivity contribution in [2.45, 2.75) is 475 Å².